The standard InChI is InChI=1S/C16H26N4O/c1-12(2)3-4-19-5-7-20(8-6-19)16(21)13-9-14(17)11-15(18)10-13/h9-12H,3-8,17-18H2,1-2H3. The maximum Gasteiger partial charge on any atom is 0.254 e. The lowest BCUT2D eigenvalue weighted by molar-refractivity contribution is 0.0632. The van der Waals surface area contributed by atoms with Gasteiger partial charge >= 0.3 is 0 Å². The Labute approximate surface area is 126 Å². The molecule has 0 unspecified atom stereocenters. The third-order valence-electron chi connectivity index (χ3n) is 3.91. The van der Waals surface area contributed by atoms with Crippen molar-refractivity contribution in [3.8, 4) is 0 Å². The van der Waals surface area contributed by atoms with Crippen molar-refractivity contribution in [1.29, 1.82) is 0 Å². The lowest BCUT2D eigenvalue weighted by Crippen LogP contribution is -2.49. The van der Waals surface area contributed by atoms with Crippen LogP contribution in [0.3, 0.4) is 0 Å². The van der Waals surface area contributed by atoms with E-state index in [-0.39, 0.29) is 5.91 Å². The number of nitrogens with two attached hydrogens (primary N) is 2. The maximum absolute atomic E-state index is 12.5. The molecule has 0 spiro atoms. The zero-order valence-corrected chi connectivity index (χ0v) is 13.0. The first-order valence-electron chi connectivity index (χ1n) is 7.63. The molecule has 0 radical (unpaired) electrons. The van der Waals surface area contributed by atoms with Gasteiger partial charge in [0.15, 0.2) is 0 Å². The minimum atomic E-state index is 0.0255. The van der Waals surface area contributed by atoms with Crippen LogP contribution in [-0.4, -0.2) is 48.4 Å². The molecule has 116 valence electrons. The van der Waals surface area contributed by atoms with Gasteiger partial charge in [0.05, 0.1) is 0 Å². The summed E-state index contributed by atoms with van der Waals surface area (Å²) in [7, 11) is 0. The van der Waals surface area contributed by atoms with Crippen LogP contribution in [0.5, 0.6) is 0 Å². The van der Waals surface area contributed by atoms with E-state index in [2.05, 4.69) is 18.7 Å². The fourth-order valence-corrected chi connectivity index (χ4v) is 2.60. The monoisotopic (exact) mass is 290 g/mol. The molecule has 5 nitrogen and oxygen atoms in total. The minimum absolute atomic E-state index is 0.0255. The number of nitrogens with zero attached hydrogens (tertiary/aromatic N) is 2. The summed E-state index contributed by atoms with van der Waals surface area (Å²) in [6, 6.07) is 5.06. The number of nitrogen functional groups attached to an aromatic ring is 2. The molecule has 1 aliphatic heterocycles. The molecule has 0 atom stereocenters. The lowest BCUT2D eigenvalue weighted by Gasteiger charge is -2.35. The van der Waals surface area contributed by atoms with E-state index in [9.17, 15) is 4.79 Å². The van der Waals surface area contributed by atoms with E-state index >= 15 is 0 Å². The van der Waals surface area contributed by atoms with Gasteiger partial charge in [0, 0.05) is 43.1 Å². The van der Waals surface area contributed by atoms with E-state index in [1.54, 1.807) is 18.2 Å². The molecule has 1 aromatic carbocycles. The predicted octanol–water partition coefficient (Wildman–Crippen LogP) is 1.65. The van der Waals surface area contributed by atoms with Gasteiger partial charge in [-0.25, -0.2) is 0 Å². The van der Waals surface area contributed by atoms with Crippen LogP contribution >= 0.6 is 0 Å². The van der Waals surface area contributed by atoms with E-state index in [0.29, 0.717) is 16.9 Å². The summed E-state index contributed by atoms with van der Waals surface area (Å²) in [6.45, 7) is 9.02. The second-order valence-electron chi connectivity index (χ2n) is 6.20. The van der Waals surface area contributed by atoms with Gasteiger partial charge in [0.2, 0.25) is 0 Å². The van der Waals surface area contributed by atoms with Gasteiger partial charge in [-0.1, -0.05) is 13.8 Å². The average Bonchev–Trinajstić information content (AvgIpc) is 2.44. The first-order chi connectivity index (χ1) is 9.95. The van der Waals surface area contributed by atoms with Gasteiger partial charge in [-0.2, -0.15) is 0 Å². The molecule has 5 heteroatoms. The summed E-state index contributed by atoms with van der Waals surface area (Å²) in [5.74, 6) is 0.748. The van der Waals surface area contributed by atoms with Crippen molar-refractivity contribution in [3.05, 3.63) is 23.8 Å². The minimum Gasteiger partial charge on any atom is -0.399 e. The summed E-state index contributed by atoms with van der Waals surface area (Å²) >= 11 is 0. The summed E-state index contributed by atoms with van der Waals surface area (Å²) in [6.07, 6.45) is 1.21. The maximum atomic E-state index is 12.5. The number of anilines is 2. The SMILES string of the molecule is CC(C)CCN1CCN(C(=O)c2cc(N)cc(N)c2)CC1. The van der Waals surface area contributed by atoms with E-state index in [0.717, 1.165) is 38.6 Å². The number of hydrogen-bond acceptors (Lipinski definition) is 4. The van der Waals surface area contributed by atoms with E-state index < -0.39 is 0 Å². The molecule has 0 aromatic heterocycles. The first kappa shape index (κ1) is 15.6. The molecule has 1 amide bonds. The smallest absolute Gasteiger partial charge is 0.254 e. The first-order valence-corrected chi connectivity index (χ1v) is 7.63. The normalized spacial score (nSPS) is 16.4. The molecular formula is C16H26N4O. The number of rotatable bonds is 4. The van der Waals surface area contributed by atoms with Crippen LogP contribution in [0.15, 0.2) is 18.2 Å². The van der Waals surface area contributed by atoms with Crippen molar-refractivity contribution in [1.82, 2.24) is 9.80 Å². The van der Waals surface area contributed by atoms with Crippen LogP contribution in [0.2, 0.25) is 0 Å². The molecule has 21 heavy (non-hydrogen) atoms. The number of hydrogen-bond donors (Lipinski definition) is 2. The molecule has 1 fully saturated rings. The number of piperazine rings is 1. The number of amides is 1. The van der Waals surface area contributed by atoms with Gasteiger partial charge in [-0.3, -0.25) is 9.69 Å². The lowest BCUT2D eigenvalue weighted by atomic mass is 10.1. The molecule has 1 aliphatic rings. The van der Waals surface area contributed by atoms with Crippen molar-refractivity contribution in [2.24, 2.45) is 5.92 Å². The Morgan fingerprint density at radius 2 is 1.67 bits per heavy atom. The predicted molar refractivity (Wildman–Crippen MR) is 87.1 cm³/mol. The van der Waals surface area contributed by atoms with Gasteiger partial charge < -0.3 is 16.4 Å². The molecule has 0 aliphatic carbocycles. The molecular weight excluding hydrogens is 264 g/mol. The Balaban J connectivity index is 1.91. The van der Waals surface area contributed by atoms with Crippen LogP contribution in [0.4, 0.5) is 11.4 Å². The molecule has 1 heterocycles. The highest BCUT2D eigenvalue weighted by molar-refractivity contribution is 5.96. The Morgan fingerprint density at radius 3 is 2.19 bits per heavy atom. The Hall–Kier alpha value is -1.75. The topological polar surface area (TPSA) is 75.6 Å². The quantitative estimate of drug-likeness (QED) is 0.827. The van der Waals surface area contributed by atoms with Crippen molar-refractivity contribution < 1.29 is 4.79 Å². The van der Waals surface area contributed by atoms with Gasteiger partial charge in [0.25, 0.3) is 5.91 Å². The zero-order chi connectivity index (χ0) is 15.4. The zero-order valence-electron chi connectivity index (χ0n) is 13.0. The Morgan fingerprint density at radius 1 is 1.10 bits per heavy atom. The van der Waals surface area contributed by atoms with Crippen LogP contribution in [0, 0.1) is 5.92 Å². The molecule has 2 rings (SSSR count). The molecule has 0 saturated carbocycles. The third kappa shape index (κ3) is 4.36. The van der Waals surface area contributed by atoms with Crippen LogP contribution in [0.1, 0.15) is 30.6 Å². The average molecular weight is 290 g/mol. The van der Waals surface area contributed by atoms with Gasteiger partial charge in [-0.05, 0) is 37.1 Å². The Kier molecular flexibility index (Phi) is 5.07. The van der Waals surface area contributed by atoms with Gasteiger partial charge in [-0.15, -0.1) is 0 Å². The Bertz CT molecular complexity index is 473. The van der Waals surface area contributed by atoms with Crippen LogP contribution in [-0.2, 0) is 0 Å². The highest BCUT2D eigenvalue weighted by Gasteiger charge is 2.22. The van der Waals surface area contributed by atoms with Crippen molar-refractivity contribution in [2.45, 2.75) is 20.3 Å². The van der Waals surface area contributed by atoms with E-state index in [1.165, 1.54) is 6.42 Å². The van der Waals surface area contributed by atoms with Crippen LogP contribution < -0.4 is 11.5 Å². The molecule has 0 bridgehead atoms. The van der Waals surface area contributed by atoms with Crippen molar-refractivity contribution in [3.63, 3.8) is 0 Å². The summed E-state index contributed by atoms with van der Waals surface area (Å²) in [5, 5.41) is 0. The summed E-state index contributed by atoms with van der Waals surface area (Å²) in [5.41, 5.74) is 13.2. The highest BCUT2D eigenvalue weighted by Crippen LogP contribution is 2.16. The number of carbonyl (C=O) groups excluding carboxylic acids is 1. The van der Waals surface area contributed by atoms with Crippen molar-refractivity contribution in [2.75, 3.05) is 44.2 Å². The van der Waals surface area contributed by atoms with Crippen molar-refractivity contribution >= 4 is 17.3 Å². The summed E-state index contributed by atoms with van der Waals surface area (Å²) in [4.78, 5) is 16.8. The second kappa shape index (κ2) is 6.80. The number of benzene rings is 1. The van der Waals surface area contributed by atoms with Crippen LogP contribution in [0.25, 0.3) is 0 Å². The molecule has 1 aromatic rings. The fraction of sp³-hybridized carbons (Fsp3) is 0.562. The van der Waals surface area contributed by atoms with Gasteiger partial charge in [0.1, 0.15) is 0 Å². The second-order valence-corrected chi connectivity index (χ2v) is 6.20. The number of carbonyl (C=O) groups is 1. The third-order valence-corrected chi connectivity index (χ3v) is 3.91. The highest BCUT2D eigenvalue weighted by atomic mass is 16.2. The molecule has 4 N–H and O–H groups in total. The largest absolute Gasteiger partial charge is 0.399 e. The summed E-state index contributed by atoms with van der Waals surface area (Å²) < 4.78 is 0. The van der Waals surface area contributed by atoms with E-state index in [4.69, 9.17) is 11.5 Å². The molecule has 1 saturated heterocycles. The fourth-order valence-electron chi connectivity index (χ4n) is 2.60. The van der Waals surface area contributed by atoms with E-state index in [1.807, 2.05) is 4.90 Å².